The lowest BCUT2D eigenvalue weighted by atomic mass is 10.1. The van der Waals surface area contributed by atoms with Gasteiger partial charge in [0, 0.05) is 75.1 Å². The average Bonchev–Trinajstić information content (AvgIpc) is 0.816. The minimum Gasteiger partial charge on any atom is -0.504 e. The number of phenolic OH excluding ortho intramolecular Hbond substituents is 2. The zero-order valence-electron chi connectivity index (χ0n) is 52.7. The zero-order valence-corrected chi connectivity index (χ0v) is 57.4. The fourth-order valence-corrected chi connectivity index (χ4v) is 10.2. The standard InChI is InChI=1S/2C19H14BrNO5.C18H14ClNO6S.C16H10O6/c1-11(22)21-10-12-2-7-17-13(8-12)9-16(19(24)26-17)18(23)25-15-5-3-14(20)4-6-15;1-11(22)21-10-12-5-6-17-13(7-12)8-16(19(24)26-17)18(23)25-15-4-2-3-14(20)9-15;1-27(23,24)20-10-11-5-6-16-12(7-11)8-15(18(22)26-16)17(21)25-14-4-2-3-13(19)9-14;17-12-7-9-6-11(16(20)22-14(9)8-13(12)18)15(19)21-10-4-2-1-3-5-10/h2*2-9H,10H2,1H3,(H,21,22);2-9,20H,10H2,1H3;1-8,17-18H. The summed E-state index contributed by atoms with van der Waals surface area (Å²) in [5.74, 6) is -3.34. The Kier molecular flexibility index (Phi) is 24.1. The predicted molar refractivity (Wildman–Crippen MR) is 376 cm³/mol. The molecule has 0 aliphatic heterocycles. The average molecular weight is 1540 g/mol. The molecule has 4 aromatic heterocycles. The maximum Gasteiger partial charge on any atom is 0.351 e. The van der Waals surface area contributed by atoms with Crippen molar-refractivity contribution < 1.29 is 84.0 Å². The number of phenols is 2. The maximum atomic E-state index is 12.3. The minimum atomic E-state index is -3.35. The van der Waals surface area contributed by atoms with Gasteiger partial charge >= 0.3 is 46.4 Å². The van der Waals surface area contributed by atoms with E-state index in [2.05, 4.69) is 47.2 Å². The summed E-state index contributed by atoms with van der Waals surface area (Å²) in [6, 6.07) is 50.6. The van der Waals surface area contributed by atoms with Crippen molar-refractivity contribution in [2.75, 3.05) is 6.26 Å². The first-order chi connectivity index (χ1) is 48.1. The number of esters is 4. The molecule has 12 rings (SSSR count). The van der Waals surface area contributed by atoms with Crippen molar-refractivity contribution in [2.45, 2.75) is 33.5 Å². The van der Waals surface area contributed by atoms with Gasteiger partial charge in [0.15, 0.2) is 11.5 Å². The number of sulfonamides is 1. The molecule has 0 saturated heterocycles. The number of carbonyl (C=O) groups is 6. The largest absolute Gasteiger partial charge is 0.504 e. The van der Waals surface area contributed by atoms with Crippen LogP contribution in [0.5, 0.6) is 34.5 Å². The number of rotatable bonds is 15. The second kappa shape index (κ2) is 33.2. The number of fused-ring (bicyclic) bond motifs is 4. The lowest BCUT2D eigenvalue weighted by molar-refractivity contribution is -0.120. The molecular weight excluding hydrogens is 1490 g/mol. The van der Waals surface area contributed by atoms with Crippen molar-refractivity contribution in [3.63, 3.8) is 0 Å². The number of aromatic hydroxyl groups is 2. The number of ether oxygens (including phenoxy) is 4. The highest BCUT2D eigenvalue weighted by Crippen LogP contribution is 2.31. The maximum absolute atomic E-state index is 12.3. The Morgan fingerprint density at radius 3 is 1.19 bits per heavy atom. The van der Waals surface area contributed by atoms with Crippen LogP contribution >= 0.6 is 43.5 Å². The van der Waals surface area contributed by atoms with Crippen molar-refractivity contribution in [1.82, 2.24) is 15.4 Å². The zero-order chi connectivity index (χ0) is 72.7. The molecule has 0 radical (unpaired) electrons. The molecule has 12 aromatic rings. The topological polar surface area (TPSA) is 371 Å². The van der Waals surface area contributed by atoms with Crippen molar-refractivity contribution in [3.8, 4) is 34.5 Å². The summed E-state index contributed by atoms with van der Waals surface area (Å²) in [6.45, 7) is 3.59. The highest BCUT2D eigenvalue weighted by molar-refractivity contribution is 9.10. The third-order valence-corrected chi connectivity index (χ3v) is 15.6. The normalized spacial score (nSPS) is 10.8. The molecule has 514 valence electrons. The fraction of sp³-hybridized carbons (Fsp3) is 0.0833. The molecule has 5 N–H and O–H groups in total. The van der Waals surface area contributed by atoms with E-state index in [9.17, 15) is 66.6 Å². The Bertz CT molecular complexity index is 5570. The molecule has 0 spiro atoms. The molecule has 0 atom stereocenters. The van der Waals surface area contributed by atoms with Crippen LogP contribution < -0.4 is 56.8 Å². The number of carbonyl (C=O) groups excluding carboxylic acids is 6. The van der Waals surface area contributed by atoms with Gasteiger partial charge in [-0.15, -0.1) is 0 Å². The highest BCUT2D eigenvalue weighted by atomic mass is 79.9. The smallest absolute Gasteiger partial charge is 0.351 e. The van der Waals surface area contributed by atoms with E-state index in [0.717, 1.165) is 32.4 Å². The van der Waals surface area contributed by atoms with E-state index >= 15 is 0 Å². The highest BCUT2D eigenvalue weighted by Gasteiger charge is 2.22. The van der Waals surface area contributed by atoms with Gasteiger partial charge in [0.05, 0.1) is 6.26 Å². The van der Waals surface area contributed by atoms with Gasteiger partial charge in [-0.2, -0.15) is 0 Å². The van der Waals surface area contributed by atoms with Gasteiger partial charge in [0.1, 0.15) is 67.6 Å². The van der Waals surface area contributed by atoms with Crippen LogP contribution in [-0.2, 0) is 39.2 Å². The van der Waals surface area contributed by atoms with Gasteiger partial charge in [-0.1, -0.05) is 92.0 Å². The fourth-order valence-electron chi connectivity index (χ4n) is 8.93. The van der Waals surface area contributed by atoms with E-state index in [1.165, 1.54) is 62.4 Å². The quantitative estimate of drug-likeness (QED) is 0.0275. The van der Waals surface area contributed by atoms with Crippen molar-refractivity contribution in [3.05, 3.63) is 289 Å². The number of para-hydroxylation sites is 1. The summed E-state index contributed by atoms with van der Waals surface area (Å²) in [4.78, 5) is 119. The Labute approximate surface area is 591 Å². The summed E-state index contributed by atoms with van der Waals surface area (Å²) in [5, 5.41) is 26.5. The van der Waals surface area contributed by atoms with Crippen molar-refractivity contribution >= 4 is 133 Å². The third kappa shape index (κ3) is 20.9. The second-order valence-corrected chi connectivity index (χ2v) is 25.5. The molecule has 29 heteroatoms. The first-order valence-corrected chi connectivity index (χ1v) is 33.3. The summed E-state index contributed by atoms with van der Waals surface area (Å²) < 4.78 is 67.6. The third-order valence-electron chi connectivity index (χ3n) is 13.7. The van der Waals surface area contributed by atoms with Crippen LogP contribution in [0.1, 0.15) is 72.0 Å². The molecule has 101 heavy (non-hydrogen) atoms. The molecule has 0 bridgehead atoms. The van der Waals surface area contributed by atoms with Gasteiger partial charge in [0.25, 0.3) is 0 Å². The number of nitrogens with one attached hydrogen (secondary N) is 3. The summed E-state index contributed by atoms with van der Waals surface area (Å²) >= 11 is 12.4. The van der Waals surface area contributed by atoms with Gasteiger partial charge in [-0.3, -0.25) is 9.59 Å². The number of halogens is 3. The van der Waals surface area contributed by atoms with Crippen molar-refractivity contribution in [1.29, 1.82) is 0 Å². The molecule has 0 aliphatic rings. The SMILES string of the molecule is CC(=O)NCc1ccc2oc(=O)c(C(=O)Oc3ccc(Br)cc3)cc2c1.CC(=O)NCc1ccc2oc(=O)c(C(=O)Oc3cccc(Br)c3)cc2c1.CS(=O)(=O)NCc1ccc2oc(=O)c(C(=O)Oc3cccc(Cl)c3)cc2c1.O=C(Oc1ccccc1)c1cc2cc(O)c(O)cc2oc1=O. The number of hydrogen-bond donors (Lipinski definition) is 5. The molecule has 2 amide bonds. The second-order valence-electron chi connectivity index (χ2n) is 21.4. The Morgan fingerprint density at radius 1 is 0.406 bits per heavy atom. The summed E-state index contributed by atoms with van der Waals surface area (Å²) in [7, 11) is -3.35. The molecule has 25 nitrogen and oxygen atoms in total. The monoisotopic (exact) mass is 1540 g/mol. The van der Waals surface area contributed by atoms with E-state index in [1.807, 2.05) is 0 Å². The molecule has 0 aliphatic carbocycles. The van der Waals surface area contributed by atoms with E-state index in [0.29, 0.717) is 68.2 Å². The van der Waals surface area contributed by atoms with Crippen LogP contribution in [0.3, 0.4) is 0 Å². The minimum absolute atomic E-state index is 0.0524. The Hall–Kier alpha value is -11.8. The number of hydrogen-bond acceptors (Lipinski definition) is 22. The Balaban J connectivity index is 0.000000157. The van der Waals surface area contributed by atoms with Crippen molar-refractivity contribution in [2.24, 2.45) is 0 Å². The lowest BCUT2D eigenvalue weighted by Crippen LogP contribution is -2.21. The number of amides is 2. The van der Waals surface area contributed by atoms with Crippen LogP contribution in [0.25, 0.3) is 43.9 Å². The van der Waals surface area contributed by atoms with Gasteiger partial charge in [0.2, 0.25) is 21.8 Å². The van der Waals surface area contributed by atoms with Crippen LogP contribution in [0, 0.1) is 0 Å². The van der Waals surface area contributed by atoms with E-state index < -0.39 is 62.2 Å². The van der Waals surface area contributed by atoms with Gasteiger partial charge < -0.3 is 57.5 Å². The summed E-state index contributed by atoms with van der Waals surface area (Å²) in [6.07, 6.45) is 1.05. The first-order valence-electron chi connectivity index (χ1n) is 29.4. The van der Waals surface area contributed by atoms with E-state index in [1.54, 1.807) is 140 Å². The Morgan fingerprint density at radius 2 is 0.772 bits per heavy atom. The molecule has 0 saturated carbocycles. The molecule has 4 heterocycles. The first kappa shape index (κ1) is 73.4. The van der Waals surface area contributed by atoms with E-state index in [4.69, 9.17) is 48.2 Å². The molecular formula is C72H52Br2ClN3O22S. The lowest BCUT2D eigenvalue weighted by Gasteiger charge is -2.06. The van der Waals surface area contributed by atoms with Crippen LogP contribution in [-0.4, -0.2) is 60.6 Å². The molecule has 8 aromatic carbocycles. The predicted octanol–water partition coefficient (Wildman–Crippen LogP) is 12.0. The van der Waals surface area contributed by atoms with Crippen LogP contribution in [0.4, 0.5) is 0 Å². The molecule has 0 unspecified atom stereocenters. The van der Waals surface area contributed by atoms with E-state index in [-0.39, 0.29) is 68.7 Å². The van der Waals surface area contributed by atoms with Gasteiger partial charge in [-0.05, 0) is 156 Å². The molecule has 0 fully saturated rings. The van der Waals surface area contributed by atoms with Crippen LogP contribution in [0.15, 0.2) is 240 Å². The summed E-state index contributed by atoms with van der Waals surface area (Å²) in [5.41, 5.74) is -0.973. The van der Waals surface area contributed by atoms with Gasteiger partial charge in [-0.25, -0.2) is 51.5 Å². The van der Waals surface area contributed by atoms with Crippen LogP contribution in [0.2, 0.25) is 5.02 Å². The number of benzene rings is 8.